The van der Waals surface area contributed by atoms with Crippen LogP contribution >= 0.6 is 0 Å². The van der Waals surface area contributed by atoms with Gasteiger partial charge in [0, 0.05) is 25.3 Å². The predicted molar refractivity (Wildman–Crippen MR) is 82.3 cm³/mol. The molecule has 0 aliphatic rings. The Labute approximate surface area is 120 Å². The first kappa shape index (κ1) is 14.5. The van der Waals surface area contributed by atoms with E-state index in [1.807, 2.05) is 31.3 Å². The molecule has 0 amide bonds. The molecule has 0 saturated carbocycles. The van der Waals surface area contributed by atoms with Crippen molar-refractivity contribution in [3.63, 3.8) is 0 Å². The quantitative estimate of drug-likeness (QED) is 0.868. The SMILES string of the molecule is CN(CCCC(N)c1ccccc1)c1cccc(F)c1. The van der Waals surface area contributed by atoms with Crippen molar-refractivity contribution >= 4 is 5.69 Å². The van der Waals surface area contributed by atoms with E-state index in [4.69, 9.17) is 5.73 Å². The normalized spacial score (nSPS) is 12.2. The lowest BCUT2D eigenvalue weighted by molar-refractivity contribution is 0.606. The highest BCUT2D eigenvalue weighted by Crippen LogP contribution is 2.18. The maximum atomic E-state index is 13.2. The second kappa shape index (κ2) is 7.06. The van der Waals surface area contributed by atoms with Crippen molar-refractivity contribution in [2.45, 2.75) is 18.9 Å². The summed E-state index contributed by atoms with van der Waals surface area (Å²) in [4.78, 5) is 2.06. The van der Waals surface area contributed by atoms with Crippen LogP contribution in [0.2, 0.25) is 0 Å². The summed E-state index contributed by atoms with van der Waals surface area (Å²) in [5, 5.41) is 0. The molecule has 0 bridgehead atoms. The second-order valence-corrected chi connectivity index (χ2v) is 5.06. The third-order valence-electron chi connectivity index (χ3n) is 3.49. The number of nitrogens with two attached hydrogens (primary N) is 1. The van der Waals surface area contributed by atoms with Crippen molar-refractivity contribution in [3.8, 4) is 0 Å². The van der Waals surface area contributed by atoms with E-state index in [0.29, 0.717) is 0 Å². The van der Waals surface area contributed by atoms with Crippen molar-refractivity contribution in [1.82, 2.24) is 0 Å². The molecule has 0 radical (unpaired) electrons. The first-order valence-corrected chi connectivity index (χ1v) is 6.94. The molecule has 0 saturated heterocycles. The summed E-state index contributed by atoms with van der Waals surface area (Å²) >= 11 is 0. The third-order valence-corrected chi connectivity index (χ3v) is 3.49. The number of anilines is 1. The molecule has 2 rings (SSSR count). The van der Waals surface area contributed by atoms with Crippen LogP contribution in [0.5, 0.6) is 0 Å². The molecule has 0 heterocycles. The lowest BCUT2D eigenvalue weighted by Gasteiger charge is -2.20. The summed E-state index contributed by atoms with van der Waals surface area (Å²) in [5.41, 5.74) is 8.23. The number of hydrogen-bond donors (Lipinski definition) is 1. The van der Waals surface area contributed by atoms with E-state index in [2.05, 4.69) is 17.0 Å². The monoisotopic (exact) mass is 272 g/mol. The Bertz CT molecular complexity index is 528. The van der Waals surface area contributed by atoms with Crippen LogP contribution in [0.3, 0.4) is 0 Å². The van der Waals surface area contributed by atoms with Gasteiger partial charge in [-0.15, -0.1) is 0 Å². The Morgan fingerprint density at radius 2 is 1.85 bits per heavy atom. The Morgan fingerprint density at radius 1 is 1.10 bits per heavy atom. The van der Waals surface area contributed by atoms with Gasteiger partial charge in [-0.2, -0.15) is 0 Å². The van der Waals surface area contributed by atoms with Gasteiger partial charge in [0.05, 0.1) is 0 Å². The van der Waals surface area contributed by atoms with E-state index in [0.717, 1.165) is 25.1 Å². The molecule has 3 heteroatoms. The number of hydrogen-bond acceptors (Lipinski definition) is 2. The Balaban J connectivity index is 1.81. The molecule has 0 aromatic heterocycles. The zero-order valence-electron chi connectivity index (χ0n) is 11.8. The Morgan fingerprint density at radius 3 is 2.55 bits per heavy atom. The van der Waals surface area contributed by atoms with Gasteiger partial charge in [0.2, 0.25) is 0 Å². The fourth-order valence-electron chi connectivity index (χ4n) is 2.26. The summed E-state index contributed by atoms with van der Waals surface area (Å²) in [5.74, 6) is -0.199. The molecule has 1 unspecified atom stereocenters. The van der Waals surface area contributed by atoms with Gasteiger partial charge in [-0.05, 0) is 36.6 Å². The van der Waals surface area contributed by atoms with E-state index in [-0.39, 0.29) is 11.9 Å². The highest BCUT2D eigenvalue weighted by molar-refractivity contribution is 5.45. The molecule has 0 aliphatic carbocycles. The van der Waals surface area contributed by atoms with Gasteiger partial charge in [-0.25, -0.2) is 4.39 Å². The molecule has 106 valence electrons. The third kappa shape index (κ3) is 4.07. The summed E-state index contributed by atoms with van der Waals surface area (Å²) in [6.07, 6.45) is 1.90. The minimum atomic E-state index is -0.199. The summed E-state index contributed by atoms with van der Waals surface area (Å²) in [6.45, 7) is 0.865. The summed E-state index contributed by atoms with van der Waals surface area (Å²) < 4.78 is 13.2. The fourth-order valence-corrected chi connectivity index (χ4v) is 2.26. The van der Waals surface area contributed by atoms with E-state index >= 15 is 0 Å². The largest absolute Gasteiger partial charge is 0.375 e. The maximum Gasteiger partial charge on any atom is 0.125 e. The van der Waals surface area contributed by atoms with Crippen LogP contribution in [0.1, 0.15) is 24.4 Å². The van der Waals surface area contributed by atoms with Crippen molar-refractivity contribution in [3.05, 3.63) is 66.0 Å². The molecular weight excluding hydrogens is 251 g/mol. The van der Waals surface area contributed by atoms with Gasteiger partial charge in [-0.3, -0.25) is 0 Å². The molecule has 0 aliphatic heterocycles. The first-order valence-electron chi connectivity index (χ1n) is 6.94. The number of rotatable bonds is 6. The van der Waals surface area contributed by atoms with Gasteiger partial charge in [-0.1, -0.05) is 36.4 Å². The highest BCUT2D eigenvalue weighted by Gasteiger charge is 2.07. The van der Waals surface area contributed by atoms with Crippen LogP contribution in [-0.4, -0.2) is 13.6 Å². The average molecular weight is 272 g/mol. The van der Waals surface area contributed by atoms with Crippen molar-refractivity contribution in [2.75, 3.05) is 18.5 Å². The van der Waals surface area contributed by atoms with Gasteiger partial charge < -0.3 is 10.6 Å². The van der Waals surface area contributed by atoms with Gasteiger partial charge in [0.1, 0.15) is 5.82 Å². The van der Waals surface area contributed by atoms with E-state index in [1.165, 1.54) is 11.6 Å². The molecule has 0 fully saturated rings. The molecular formula is C17H21FN2. The van der Waals surface area contributed by atoms with Crippen LogP contribution in [-0.2, 0) is 0 Å². The van der Waals surface area contributed by atoms with Gasteiger partial charge >= 0.3 is 0 Å². The van der Waals surface area contributed by atoms with E-state index in [9.17, 15) is 4.39 Å². The number of halogens is 1. The van der Waals surface area contributed by atoms with Gasteiger partial charge in [0.15, 0.2) is 0 Å². The Kier molecular flexibility index (Phi) is 5.13. The zero-order chi connectivity index (χ0) is 14.4. The lowest BCUT2D eigenvalue weighted by atomic mass is 10.0. The van der Waals surface area contributed by atoms with E-state index < -0.39 is 0 Å². The van der Waals surface area contributed by atoms with Crippen LogP contribution in [0.25, 0.3) is 0 Å². The Hall–Kier alpha value is -1.87. The van der Waals surface area contributed by atoms with E-state index in [1.54, 1.807) is 12.1 Å². The molecule has 2 N–H and O–H groups in total. The van der Waals surface area contributed by atoms with Crippen molar-refractivity contribution in [2.24, 2.45) is 5.73 Å². The van der Waals surface area contributed by atoms with Crippen LogP contribution < -0.4 is 10.6 Å². The van der Waals surface area contributed by atoms with Gasteiger partial charge in [0.25, 0.3) is 0 Å². The smallest absolute Gasteiger partial charge is 0.125 e. The summed E-state index contributed by atoms with van der Waals surface area (Å²) in [7, 11) is 1.98. The van der Waals surface area contributed by atoms with Crippen molar-refractivity contribution in [1.29, 1.82) is 0 Å². The molecule has 2 nitrogen and oxygen atoms in total. The minimum Gasteiger partial charge on any atom is -0.375 e. The van der Waals surface area contributed by atoms with Crippen LogP contribution in [0.15, 0.2) is 54.6 Å². The topological polar surface area (TPSA) is 29.3 Å². The molecule has 2 aromatic rings. The first-order chi connectivity index (χ1) is 9.66. The zero-order valence-corrected chi connectivity index (χ0v) is 11.8. The second-order valence-electron chi connectivity index (χ2n) is 5.06. The minimum absolute atomic E-state index is 0.0668. The maximum absolute atomic E-state index is 13.2. The lowest BCUT2D eigenvalue weighted by Crippen LogP contribution is -2.20. The molecule has 1 atom stereocenters. The molecule has 2 aromatic carbocycles. The molecule has 0 spiro atoms. The molecule has 20 heavy (non-hydrogen) atoms. The predicted octanol–water partition coefficient (Wildman–Crippen LogP) is 3.74. The van der Waals surface area contributed by atoms with Crippen LogP contribution in [0.4, 0.5) is 10.1 Å². The number of nitrogens with zero attached hydrogens (tertiary/aromatic N) is 1. The van der Waals surface area contributed by atoms with Crippen LogP contribution in [0, 0.1) is 5.82 Å². The summed E-state index contributed by atoms with van der Waals surface area (Å²) in [6, 6.07) is 16.9. The van der Waals surface area contributed by atoms with Crippen molar-refractivity contribution < 1.29 is 4.39 Å². The fraction of sp³-hybridized carbons (Fsp3) is 0.294. The highest BCUT2D eigenvalue weighted by atomic mass is 19.1. The number of benzene rings is 2. The standard InChI is InChI=1S/C17H21FN2/c1-20(16-10-5-9-15(18)13-16)12-6-11-17(19)14-7-3-2-4-8-14/h2-5,7-10,13,17H,6,11-12,19H2,1H3. The average Bonchev–Trinajstić information content (AvgIpc) is 2.48.